The quantitative estimate of drug-likeness (QED) is 0.840. The van der Waals surface area contributed by atoms with Crippen molar-refractivity contribution in [2.75, 3.05) is 19.6 Å². The minimum absolute atomic E-state index is 0.201. The third-order valence-corrected chi connectivity index (χ3v) is 5.18. The van der Waals surface area contributed by atoms with Crippen LogP contribution in [0, 0.1) is 5.92 Å². The predicted molar refractivity (Wildman–Crippen MR) is 96.8 cm³/mol. The zero-order valence-electron chi connectivity index (χ0n) is 14.0. The summed E-state index contributed by atoms with van der Waals surface area (Å²) in [5, 5.41) is 6.54. The zero-order chi connectivity index (χ0) is 17.6. The fourth-order valence-electron chi connectivity index (χ4n) is 3.27. The van der Waals surface area contributed by atoms with Gasteiger partial charge in [0.2, 0.25) is 5.91 Å². The highest BCUT2D eigenvalue weighted by Gasteiger charge is 2.26. The molecule has 0 saturated carbocycles. The van der Waals surface area contributed by atoms with Crippen molar-refractivity contribution >= 4 is 17.2 Å². The minimum atomic E-state index is -2.50. The van der Waals surface area contributed by atoms with Gasteiger partial charge in [0.05, 0.1) is 12.5 Å². The molecule has 1 aliphatic heterocycles. The van der Waals surface area contributed by atoms with Crippen LogP contribution in [-0.4, -0.2) is 36.9 Å². The number of carbonyl (C=O) groups is 1. The van der Waals surface area contributed by atoms with Crippen LogP contribution in [0.25, 0.3) is 11.1 Å². The number of piperidine rings is 1. The lowest BCUT2D eigenvalue weighted by atomic mass is 9.96. The van der Waals surface area contributed by atoms with Crippen LogP contribution in [-0.2, 0) is 11.3 Å². The van der Waals surface area contributed by atoms with Crippen LogP contribution in [0.5, 0.6) is 0 Å². The Kier molecular flexibility index (Phi) is 6.15. The Balaban J connectivity index is 1.59. The van der Waals surface area contributed by atoms with Crippen LogP contribution in [0.2, 0.25) is 0 Å². The maximum Gasteiger partial charge on any atom is 0.255 e. The summed E-state index contributed by atoms with van der Waals surface area (Å²) in [6.07, 6.45) is -0.819. The van der Waals surface area contributed by atoms with Crippen molar-refractivity contribution in [3.8, 4) is 11.1 Å². The molecule has 134 valence electrons. The van der Waals surface area contributed by atoms with E-state index in [1.807, 2.05) is 0 Å². The summed E-state index contributed by atoms with van der Waals surface area (Å²) in [5.74, 6) is -0.454. The van der Waals surface area contributed by atoms with Crippen molar-refractivity contribution in [1.82, 2.24) is 10.2 Å². The van der Waals surface area contributed by atoms with Crippen molar-refractivity contribution in [2.24, 2.45) is 5.92 Å². The predicted octanol–water partition coefficient (Wildman–Crippen LogP) is 4.01. The molecule has 2 heterocycles. The highest BCUT2D eigenvalue weighted by molar-refractivity contribution is 7.08. The average molecular weight is 364 g/mol. The zero-order valence-corrected chi connectivity index (χ0v) is 14.8. The van der Waals surface area contributed by atoms with Crippen LogP contribution in [0.1, 0.15) is 18.4 Å². The Labute approximate surface area is 150 Å². The van der Waals surface area contributed by atoms with Gasteiger partial charge in [-0.3, -0.25) is 9.69 Å². The van der Waals surface area contributed by atoms with Crippen molar-refractivity contribution in [2.45, 2.75) is 25.8 Å². The number of rotatable bonds is 6. The van der Waals surface area contributed by atoms with Crippen LogP contribution >= 0.6 is 11.3 Å². The Hall–Kier alpha value is -1.79. The molecule has 0 bridgehead atoms. The van der Waals surface area contributed by atoms with Gasteiger partial charge in [-0.05, 0) is 59.0 Å². The first-order valence-corrected chi connectivity index (χ1v) is 9.46. The summed E-state index contributed by atoms with van der Waals surface area (Å²) >= 11 is 1.68. The number of halogens is 2. The van der Waals surface area contributed by atoms with E-state index in [1.54, 1.807) is 11.3 Å². The topological polar surface area (TPSA) is 32.3 Å². The van der Waals surface area contributed by atoms with E-state index in [2.05, 4.69) is 51.3 Å². The number of thiophene rings is 1. The van der Waals surface area contributed by atoms with E-state index in [0.29, 0.717) is 6.54 Å². The summed E-state index contributed by atoms with van der Waals surface area (Å²) in [6.45, 7) is 1.77. The van der Waals surface area contributed by atoms with E-state index in [1.165, 1.54) is 16.7 Å². The molecule has 1 aromatic heterocycles. The molecule has 1 aliphatic rings. The standard InChI is InChI=1S/C19H22F2N2OS/c20-18(21)10-22-19(24)16-5-2-7-23(12-16)11-14-3-1-4-15(9-14)17-6-8-25-13-17/h1,3-4,6,8-9,13,16,18H,2,5,7,10-12H2,(H,22,24). The normalized spacial score (nSPS) is 18.4. The molecule has 1 amide bonds. The first kappa shape index (κ1) is 18.0. The monoisotopic (exact) mass is 364 g/mol. The maximum absolute atomic E-state index is 12.3. The highest BCUT2D eigenvalue weighted by Crippen LogP contribution is 2.24. The molecular weight excluding hydrogens is 342 g/mol. The fourth-order valence-corrected chi connectivity index (χ4v) is 3.94. The second-order valence-corrected chi connectivity index (χ2v) is 7.20. The fraction of sp³-hybridized carbons (Fsp3) is 0.421. The van der Waals surface area contributed by atoms with Crippen molar-refractivity contribution in [3.05, 3.63) is 46.7 Å². The van der Waals surface area contributed by atoms with Gasteiger partial charge in [0.25, 0.3) is 6.43 Å². The Bertz CT molecular complexity index is 690. The number of alkyl halides is 2. The first-order chi connectivity index (χ1) is 12.1. The molecule has 1 atom stereocenters. The van der Waals surface area contributed by atoms with Gasteiger partial charge in [-0.15, -0.1) is 0 Å². The molecule has 2 aromatic rings. The number of benzene rings is 1. The summed E-state index contributed by atoms with van der Waals surface area (Å²) in [4.78, 5) is 14.3. The van der Waals surface area contributed by atoms with Gasteiger partial charge in [-0.2, -0.15) is 11.3 Å². The van der Waals surface area contributed by atoms with Crippen molar-refractivity contribution < 1.29 is 13.6 Å². The smallest absolute Gasteiger partial charge is 0.255 e. The number of hydrogen-bond donors (Lipinski definition) is 1. The molecule has 1 saturated heterocycles. The molecular formula is C19H22F2N2OS. The second-order valence-electron chi connectivity index (χ2n) is 6.42. The summed E-state index contributed by atoms with van der Waals surface area (Å²) in [6, 6.07) is 10.5. The van der Waals surface area contributed by atoms with Gasteiger partial charge in [0, 0.05) is 13.1 Å². The lowest BCUT2D eigenvalue weighted by molar-refractivity contribution is -0.127. The SMILES string of the molecule is O=C(NCC(F)F)C1CCCN(Cc2cccc(-c3ccsc3)c2)C1. The molecule has 25 heavy (non-hydrogen) atoms. The minimum Gasteiger partial charge on any atom is -0.350 e. The third kappa shape index (κ3) is 5.09. The summed E-state index contributed by atoms with van der Waals surface area (Å²) in [7, 11) is 0. The Morgan fingerprint density at radius 3 is 2.96 bits per heavy atom. The van der Waals surface area contributed by atoms with Gasteiger partial charge in [-0.25, -0.2) is 8.78 Å². The van der Waals surface area contributed by atoms with Gasteiger partial charge >= 0.3 is 0 Å². The third-order valence-electron chi connectivity index (χ3n) is 4.49. The van der Waals surface area contributed by atoms with E-state index in [-0.39, 0.29) is 11.8 Å². The molecule has 0 aliphatic carbocycles. The largest absolute Gasteiger partial charge is 0.350 e. The molecule has 3 rings (SSSR count). The number of carbonyl (C=O) groups excluding carboxylic acids is 1. The van der Waals surface area contributed by atoms with Crippen molar-refractivity contribution in [1.29, 1.82) is 0 Å². The molecule has 0 spiro atoms. The Morgan fingerprint density at radius 2 is 2.20 bits per heavy atom. The molecule has 1 N–H and O–H groups in total. The molecule has 6 heteroatoms. The molecule has 0 radical (unpaired) electrons. The van der Waals surface area contributed by atoms with E-state index >= 15 is 0 Å². The van der Waals surface area contributed by atoms with Crippen molar-refractivity contribution in [3.63, 3.8) is 0 Å². The number of nitrogens with zero attached hydrogens (tertiary/aromatic N) is 1. The lowest BCUT2D eigenvalue weighted by Crippen LogP contribution is -2.43. The van der Waals surface area contributed by atoms with Gasteiger partial charge in [0.15, 0.2) is 0 Å². The number of hydrogen-bond acceptors (Lipinski definition) is 3. The van der Waals surface area contributed by atoms with E-state index in [9.17, 15) is 13.6 Å². The number of nitrogens with one attached hydrogen (secondary N) is 1. The Morgan fingerprint density at radius 1 is 1.32 bits per heavy atom. The first-order valence-electron chi connectivity index (χ1n) is 8.51. The van der Waals surface area contributed by atoms with Crippen LogP contribution < -0.4 is 5.32 Å². The second kappa shape index (κ2) is 8.54. The maximum atomic E-state index is 12.3. The van der Waals surface area contributed by atoms with Crippen LogP contribution in [0.3, 0.4) is 0 Å². The van der Waals surface area contributed by atoms with E-state index in [4.69, 9.17) is 0 Å². The van der Waals surface area contributed by atoms with E-state index in [0.717, 1.165) is 25.9 Å². The number of amides is 1. The van der Waals surface area contributed by atoms with Gasteiger partial charge in [-0.1, -0.05) is 18.2 Å². The molecule has 1 aromatic carbocycles. The van der Waals surface area contributed by atoms with Gasteiger partial charge < -0.3 is 5.32 Å². The van der Waals surface area contributed by atoms with Crippen LogP contribution in [0.15, 0.2) is 41.1 Å². The van der Waals surface area contributed by atoms with Crippen LogP contribution in [0.4, 0.5) is 8.78 Å². The molecule has 1 fully saturated rings. The highest BCUT2D eigenvalue weighted by atomic mass is 32.1. The number of likely N-dealkylation sites (tertiary alicyclic amines) is 1. The lowest BCUT2D eigenvalue weighted by Gasteiger charge is -2.32. The molecule has 3 nitrogen and oxygen atoms in total. The van der Waals surface area contributed by atoms with Gasteiger partial charge in [0.1, 0.15) is 0 Å². The average Bonchev–Trinajstić information content (AvgIpc) is 3.15. The molecule has 1 unspecified atom stereocenters. The van der Waals surface area contributed by atoms with E-state index < -0.39 is 13.0 Å². The summed E-state index contributed by atoms with van der Waals surface area (Å²) in [5.41, 5.74) is 3.62. The summed E-state index contributed by atoms with van der Waals surface area (Å²) < 4.78 is 24.5.